The molecular weight excluding hydrogens is 286 g/mol. The molecule has 1 rings (SSSR count). The van der Waals surface area contributed by atoms with Crippen LogP contribution in [0.5, 0.6) is 0 Å². The van der Waals surface area contributed by atoms with Gasteiger partial charge in [0.2, 0.25) is 0 Å². The number of pyridine rings is 1. The van der Waals surface area contributed by atoms with Crippen LogP contribution in [0.4, 0.5) is 10.5 Å². The Bertz CT molecular complexity index is 514. The number of nitrogens with one attached hydrogen (secondary N) is 1. The molecule has 0 fully saturated rings. The zero-order valence-corrected chi connectivity index (χ0v) is 13.5. The summed E-state index contributed by atoms with van der Waals surface area (Å²) in [6, 6.07) is 1.68. The molecule has 0 aliphatic heterocycles. The Morgan fingerprint density at radius 2 is 2.09 bits per heavy atom. The number of ether oxygens (including phenoxy) is 1. The van der Waals surface area contributed by atoms with Crippen molar-refractivity contribution >= 4 is 11.8 Å². The lowest BCUT2D eigenvalue weighted by atomic mass is 10.0. The SMILES string of the molecule is Cc1cnc(C(O)C(O)CCNC(=O)OC(C)(C)C)c(N)c1. The number of hydrogen-bond donors (Lipinski definition) is 4. The van der Waals surface area contributed by atoms with E-state index in [9.17, 15) is 15.0 Å². The molecule has 7 heteroatoms. The van der Waals surface area contributed by atoms with Crippen molar-refractivity contribution in [3.05, 3.63) is 23.5 Å². The molecule has 0 radical (unpaired) electrons. The maximum absolute atomic E-state index is 11.5. The zero-order valence-electron chi connectivity index (χ0n) is 13.5. The number of nitrogens with zero attached hydrogens (tertiary/aromatic N) is 1. The van der Waals surface area contributed by atoms with Gasteiger partial charge >= 0.3 is 6.09 Å². The first-order valence-corrected chi connectivity index (χ1v) is 7.15. The molecular formula is C15H25N3O4. The third kappa shape index (κ3) is 5.87. The van der Waals surface area contributed by atoms with Crippen LogP contribution in [0.1, 0.15) is 44.6 Å². The van der Waals surface area contributed by atoms with Gasteiger partial charge in [-0.2, -0.15) is 0 Å². The van der Waals surface area contributed by atoms with Crippen LogP contribution in [0.2, 0.25) is 0 Å². The van der Waals surface area contributed by atoms with Gasteiger partial charge in [0, 0.05) is 12.7 Å². The van der Waals surface area contributed by atoms with Gasteiger partial charge in [-0.25, -0.2) is 4.79 Å². The van der Waals surface area contributed by atoms with Crippen molar-refractivity contribution in [3.63, 3.8) is 0 Å². The number of aliphatic hydroxyl groups is 2. The van der Waals surface area contributed by atoms with Crippen LogP contribution in [0.25, 0.3) is 0 Å². The standard InChI is InChI=1S/C15H25N3O4/c1-9-7-10(16)12(18-8-9)13(20)11(19)5-6-17-14(21)22-15(2,3)4/h7-8,11,13,19-20H,5-6,16H2,1-4H3,(H,17,21). The summed E-state index contributed by atoms with van der Waals surface area (Å²) in [6.45, 7) is 7.28. The topological polar surface area (TPSA) is 118 Å². The van der Waals surface area contributed by atoms with Crippen molar-refractivity contribution in [1.82, 2.24) is 10.3 Å². The van der Waals surface area contributed by atoms with Crippen LogP contribution in [0, 0.1) is 6.92 Å². The smallest absolute Gasteiger partial charge is 0.407 e. The van der Waals surface area contributed by atoms with E-state index in [-0.39, 0.29) is 18.7 Å². The van der Waals surface area contributed by atoms with Crippen molar-refractivity contribution < 1.29 is 19.7 Å². The number of carbonyl (C=O) groups is 1. The van der Waals surface area contributed by atoms with Gasteiger partial charge in [0.25, 0.3) is 0 Å². The fourth-order valence-corrected chi connectivity index (χ4v) is 1.83. The summed E-state index contributed by atoms with van der Waals surface area (Å²) < 4.78 is 5.07. The Balaban J connectivity index is 2.48. The summed E-state index contributed by atoms with van der Waals surface area (Å²) in [5.41, 5.74) is 6.63. The first kappa shape index (κ1) is 18.2. The van der Waals surface area contributed by atoms with E-state index >= 15 is 0 Å². The van der Waals surface area contributed by atoms with Crippen LogP contribution in [0.15, 0.2) is 12.3 Å². The van der Waals surface area contributed by atoms with E-state index in [4.69, 9.17) is 10.5 Å². The van der Waals surface area contributed by atoms with Gasteiger partial charge in [-0.15, -0.1) is 0 Å². The average molecular weight is 311 g/mol. The number of nitrogen functional groups attached to an aromatic ring is 1. The van der Waals surface area contributed by atoms with Crippen molar-refractivity contribution in [2.24, 2.45) is 0 Å². The summed E-state index contributed by atoms with van der Waals surface area (Å²) >= 11 is 0. The van der Waals surface area contributed by atoms with Gasteiger partial charge in [0.05, 0.1) is 17.5 Å². The number of rotatable bonds is 5. The number of aromatic nitrogens is 1. The Kier molecular flexibility index (Phi) is 6.13. The molecule has 124 valence electrons. The Labute approximate surface area is 130 Å². The Hall–Kier alpha value is -1.86. The van der Waals surface area contributed by atoms with E-state index in [2.05, 4.69) is 10.3 Å². The highest BCUT2D eigenvalue weighted by Crippen LogP contribution is 2.22. The van der Waals surface area contributed by atoms with Crippen LogP contribution in [0.3, 0.4) is 0 Å². The van der Waals surface area contributed by atoms with E-state index in [0.717, 1.165) is 5.56 Å². The molecule has 1 aromatic rings. The van der Waals surface area contributed by atoms with E-state index in [1.807, 2.05) is 6.92 Å². The van der Waals surface area contributed by atoms with Crippen LogP contribution >= 0.6 is 0 Å². The number of nitrogens with two attached hydrogens (primary N) is 1. The van der Waals surface area contributed by atoms with Crippen LogP contribution in [-0.2, 0) is 4.74 Å². The minimum atomic E-state index is -1.21. The normalized spacial score (nSPS) is 14.3. The van der Waals surface area contributed by atoms with E-state index in [1.54, 1.807) is 33.0 Å². The minimum Gasteiger partial charge on any atom is -0.444 e. The summed E-state index contributed by atoms with van der Waals surface area (Å²) in [7, 11) is 0. The lowest BCUT2D eigenvalue weighted by molar-refractivity contribution is 0.0104. The van der Waals surface area contributed by atoms with E-state index < -0.39 is 23.9 Å². The summed E-state index contributed by atoms with van der Waals surface area (Å²) in [6.07, 6.45) is -1.15. The number of hydrogen-bond acceptors (Lipinski definition) is 6. The molecule has 0 saturated carbocycles. The largest absolute Gasteiger partial charge is 0.444 e. The van der Waals surface area contributed by atoms with Crippen LogP contribution < -0.4 is 11.1 Å². The first-order valence-electron chi connectivity index (χ1n) is 7.15. The van der Waals surface area contributed by atoms with Crippen molar-refractivity contribution in [1.29, 1.82) is 0 Å². The fourth-order valence-electron chi connectivity index (χ4n) is 1.83. The third-order valence-corrected chi connectivity index (χ3v) is 2.84. The average Bonchev–Trinajstić information content (AvgIpc) is 2.35. The van der Waals surface area contributed by atoms with Gasteiger partial charge in [-0.1, -0.05) is 0 Å². The molecule has 7 nitrogen and oxygen atoms in total. The molecule has 0 aliphatic rings. The third-order valence-electron chi connectivity index (χ3n) is 2.84. The fraction of sp³-hybridized carbons (Fsp3) is 0.600. The molecule has 0 bridgehead atoms. The highest BCUT2D eigenvalue weighted by Gasteiger charge is 2.22. The maximum Gasteiger partial charge on any atom is 0.407 e. The van der Waals surface area contributed by atoms with Gasteiger partial charge < -0.3 is 26.0 Å². The predicted octanol–water partition coefficient (Wildman–Crippen LogP) is 1.28. The zero-order chi connectivity index (χ0) is 16.9. The molecule has 2 atom stereocenters. The summed E-state index contributed by atoms with van der Waals surface area (Å²) in [4.78, 5) is 15.5. The lowest BCUT2D eigenvalue weighted by Crippen LogP contribution is -2.34. The molecule has 5 N–H and O–H groups in total. The predicted molar refractivity (Wildman–Crippen MR) is 83.2 cm³/mol. The number of aliphatic hydroxyl groups excluding tert-OH is 2. The minimum absolute atomic E-state index is 0.148. The molecule has 0 saturated heterocycles. The molecule has 22 heavy (non-hydrogen) atoms. The number of aryl methyl sites for hydroxylation is 1. The van der Waals surface area contributed by atoms with Crippen molar-refractivity contribution in [3.8, 4) is 0 Å². The maximum atomic E-state index is 11.5. The molecule has 0 spiro atoms. The monoisotopic (exact) mass is 311 g/mol. The van der Waals surface area contributed by atoms with Crippen LogP contribution in [-0.4, -0.2) is 39.5 Å². The molecule has 1 heterocycles. The molecule has 0 aliphatic carbocycles. The van der Waals surface area contributed by atoms with Gasteiger partial charge in [-0.3, -0.25) is 4.98 Å². The van der Waals surface area contributed by atoms with Gasteiger partial charge in [-0.05, 0) is 45.7 Å². The number of carbonyl (C=O) groups excluding carboxylic acids is 1. The Morgan fingerprint density at radius 1 is 1.45 bits per heavy atom. The second kappa shape index (κ2) is 7.42. The Morgan fingerprint density at radius 3 is 2.64 bits per heavy atom. The summed E-state index contributed by atoms with van der Waals surface area (Å²) in [5.74, 6) is 0. The first-order chi connectivity index (χ1) is 10.1. The number of alkyl carbamates (subject to hydrolysis) is 1. The van der Waals surface area contributed by atoms with Gasteiger partial charge in [0.15, 0.2) is 0 Å². The lowest BCUT2D eigenvalue weighted by Gasteiger charge is -2.21. The highest BCUT2D eigenvalue weighted by molar-refractivity contribution is 5.67. The molecule has 1 aromatic heterocycles. The second-order valence-corrected chi connectivity index (χ2v) is 6.22. The molecule has 2 unspecified atom stereocenters. The quantitative estimate of drug-likeness (QED) is 0.650. The second-order valence-electron chi connectivity index (χ2n) is 6.22. The van der Waals surface area contributed by atoms with Crippen molar-refractivity contribution in [2.75, 3.05) is 12.3 Å². The summed E-state index contributed by atoms with van der Waals surface area (Å²) in [5, 5.41) is 22.6. The number of amides is 1. The van der Waals surface area contributed by atoms with E-state index in [1.165, 1.54) is 0 Å². The molecule has 0 aromatic carbocycles. The molecule has 1 amide bonds. The van der Waals surface area contributed by atoms with Gasteiger partial charge in [0.1, 0.15) is 11.7 Å². The van der Waals surface area contributed by atoms with E-state index in [0.29, 0.717) is 5.69 Å². The van der Waals surface area contributed by atoms with Crippen molar-refractivity contribution in [2.45, 2.75) is 51.9 Å². The number of anilines is 1. The highest BCUT2D eigenvalue weighted by atomic mass is 16.6.